The quantitative estimate of drug-likeness (QED) is 0.307. The topological polar surface area (TPSA) is 46.2 Å². The largest absolute Gasteiger partial charge is 0.464 e. The Morgan fingerprint density at radius 3 is 2.67 bits per heavy atom. The van der Waals surface area contributed by atoms with E-state index in [1.165, 1.54) is 0 Å². The molecule has 0 atom stereocenters. The van der Waals surface area contributed by atoms with Crippen LogP contribution in [-0.2, 0) is 14.3 Å². The van der Waals surface area contributed by atoms with E-state index in [0.29, 0.717) is 5.57 Å². The average Bonchev–Trinajstić information content (AvgIpc) is 1.82. The van der Waals surface area contributed by atoms with Gasteiger partial charge in [-0.25, -0.2) is 4.79 Å². The van der Waals surface area contributed by atoms with E-state index in [1.807, 2.05) is 0 Å². The molecule has 0 saturated heterocycles. The molecule has 0 aromatic heterocycles. The standard InChI is InChI=1S/C5H9O3Si/c1-4(2)5(6)8-3-9-7/h1,3,9H2,2H3. The minimum absolute atomic E-state index is 0.0751. The Morgan fingerprint density at radius 1 is 1.78 bits per heavy atom. The molecular weight excluding hydrogens is 136 g/mol. The minimum Gasteiger partial charge on any atom is -0.464 e. The maximum absolute atomic E-state index is 10.5. The van der Waals surface area contributed by atoms with E-state index in [1.54, 1.807) is 6.92 Å². The minimum atomic E-state index is -1.39. The zero-order chi connectivity index (χ0) is 7.28. The Bertz CT molecular complexity index is 121. The van der Waals surface area contributed by atoms with E-state index in [0.717, 1.165) is 0 Å². The Labute approximate surface area is 56.3 Å². The molecule has 0 fully saturated rings. The molecule has 0 unspecified atom stereocenters. The fraction of sp³-hybridized carbons (Fsp3) is 0.400. The van der Waals surface area contributed by atoms with Crippen molar-refractivity contribution in [1.29, 1.82) is 0 Å². The highest BCUT2D eigenvalue weighted by molar-refractivity contribution is 6.24. The van der Waals surface area contributed by atoms with Gasteiger partial charge < -0.3 is 9.53 Å². The predicted octanol–water partition coefficient (Wildman–Crippen LogP) is -0.422. The van der Waals surface area contributed by atoms with Crippen molar-refractivity contribution in [1.82, 2.24) is 0 Å². The Kier molecular flexibility index (Phi) is 3.99. The summed E-state index contributed by atoms with van der Waals surface area (Å²) in [7, 11) is -1.39. The Morgan fingerprint density at radius 2 is 2.33 bits per heavy atom. The van der Waals surface area contributed by atoms with Crippen LogP contribution in [-0.4, -0.2) is 22.0 Å². The van der Waals surface area contributed by atoms with Gasteiger partial charge in [0.25, 0.3) is 0 Å². The van der Waals surface area contributed by atoms with Crippen molar-refractivity contribution in [3.63, 3.8) is 0 Å². The lowest BCUT2D eigenvalue weighted by molar-refractivity contribution is -0.137. The summed E-state index contributed by atoms with van der Waals surface area (Å²) in [6.45, 7) is 4.90. The summed E-state index contributed by atoms with van der Waals surface area (Å²) in [5.41, 5.74) is 0.345. The molecule has 0 bridgehead atoms. The van der Waals surface area contributed by atoms with Gasteiger partial charge in [-0.2, -0.15) is 0 Å². The van der Waals surface area contributed by atoms with Gasteiger partial charge in [0, 0.05) is 5.57 Å². The van der Waals surface area contributed by atoms with Gasteiger partial charge in [-0.3, -0.25) is 0 Å². The zero-order valence-electron chi connectivity index (χ0n) is 5.35. The fourth-order valence-corrected chi connectivity index (χ4v) is 0.526. The lowest BCUT2D eigenvalue weighted by Crippen LogP contribution is -2.09. The molecule has 0 aliphatic heterocycles. The lowest BCUT2D eigenvalue weighted by Gasteiger charge is -1.98. The van der Waals surface area contributed by atoms with Crippen LogP contribution in [0.15, 0.2) is 12.2 Å². The van der Waals surface area contributed by atoms with Crippen molar-refractivity contribution in [2.75, 3.05) is 6.23 Å². The van der Waals surface area contributed by atoms with Crippen LogP contribution < -0.4 is 0 Å². The molecule has 0 spiro atoms. The van der Waals surface area contributed by atoms with Crippen molar-refractivity contribution in [3.8, 4) is 0 Å². The van der Waals surface area contributed by atoms with Crippen LogP contribution in [0.1, 0.15) is 6.92 Å². The summed E-state index contributed by atoms with van der Waals surface area (Å²) in [6, 6.07) is 0. The van der Waals surface area contributed by atoms with Crippen LogP contribution in [0, 0.1) is 0 Å². The second-order valence-corrected chi connectivity index (χ2v) is 2.44. The summed E-state index contributed by atoms with van der Waals surface area (Å²) in [5.74, 6) is -0.460. The summed E-state index contributed by atoms with van der Waals surface area (Å²) in [4.78, 5) is 20.4. The molecule has 0 N–H and O–H groups in total. The van der Waals surface area contributed by atoms with Gasteiger partial charge in [-0.15, -0.1) is 0 Å². The maximum atomic E-state index is 10.5. The molecule has 0 aliphatic rings. The van der Waals surface area contributed by atoms with Gasteiger partial charge in [-0.05, 0) is 6.92 Å². The third-order valence-electron chi connectivity index (χ3n) is 0.665. The smallest absolute Gasteiger partial charge is 0.332 e. The molecule has 0 aromatic rings. The number of carbonyl (C=O) groups excluding carboxylic acids is 1. The first-order valence-corrected chi connectivity index (χ1v) is 4.17. The SMILES string of the molecule is C=C(C)C(=O)OC[SiH2][O]. The molecule has 0 aliphatic carbocycles. The first-order chi connectivity index (χ1) is 4.18. The van der Waals surface area contributed by atoms with Crippen molar-refractivity contribution in [2.24, 2.45) is 0 Å². The molecule has 0 amide bonds. The van der Waals surface area contributed by atoms with Gasteiger partial charge in [0.15, 0.2) is 0 Å². The lowest BCUT2D eigenvalue weighted by atomic mass is 10.4. The van der Waals surface area contributed by atoms with Crippen molar-refractivity contribution in [2.45, 2.75) is 6.92 Å². The van der Waals surface area contributed by atoms with Crippen LogP contribution in [0.25, 0.3) is 0 Å². The maximum Gasteiger partial charge on any atom is 0.332 e. The number of esters is 1. The van der Waals surface area contributed by atoms with Crippen LogP contribution in [0.5, 0.6) is 0 Å². The Hall–Kier alpha value is -0.613. The second-order valence-electron chi connectivity index (χ2n) is 1.62. The molecule has 0 heterocycles. The van der Waals surface area contributed by atoms with Crippen molar-refractivity contribution < 1.29 is 14.3 Å². The first kappa shape index (κ1) is 8.39. The predicted molar refractivity (Wildman–Crippen MR) is 35.0 cm³/mol. The molecule has 1 radical (unpaired) electrons. The van der Waals surface area contributed by atoms with E-state index < -0.39 is 15.7 Å². The normalized spacial score (nSPS) is 10.0. The highest BCUT2D eigenvalue weighted by Gasteiger charge is 2.00. The Balaban J connectivity index is 3.39. The molecular formula is C5H9O3Si. The molecule has 0 saturated carbocycles. The van der Waals surface area contributed by atoms with Crippen LogP contribution in [0.4, 0.5) is 0 Å². The summed E-state index contributed by atoms with van der Waals surface area (Å²) >= 11 is 0. The summed E-state index contributed by atoms with van der Waals surface area (Å²) < 4.78 is 4.46. The number of hydrogen-bond acceptors (Lipinski definition) is 2. The third kappa shape index (κ3) is 3.93. The van der Waals surface area contributed by atoms with Crippen LogP contribution in [0.3, 0.4) is 0 Å². The fourth-order valence-electron chi connectivity index (χ4n) is 0.258. The summed E-state index contributed by atoms with van der Waals surface area (Å²) in [6.07, 6.45) is 0.0751. The molecule has 3 nitrogen and oxygen atoms in total. The van der Waals surface area contributed by atoms with Crippen molar-refractivity contribution >= 4 is 15.7 Å². The third-order valence-corrected chi connectivity index (χ3v) is 1.04. The molecule has 0 rings (SSSR count). The van der Waals surface area contributed by atoms with Gasteiger partial charge in [0.05, 0.1) is 0 Å². The first-order valence-electron chi connectivity index (χ1n) is 2.59. The molecule has 51 valence electrons. The number of ether oxygens (including phenoxy) is 1. The van der Waals surface area contributed by atoms with E-state index in [-0.39, 0.29) is 6.23 Å². The summed E-state index contributed by atoms with van der Waals surface area (Å²) in [5, 5.41) is 0. The van der Waals surface area contributed by atoms with Gasteiger partial charge in [0.2, 0.25) is 9.76 Å². The van der Waals surface area contributed by atoms with Gasteiger partial charge in [0.1, 0.15) is 6.23 Å². The molecule has 4 heteroatoms. The van der Waals surface area contributed by atoms with E-state index in [4.69, 9.17) is 0 Å². The van der Waals surface area contributed by atoms with Gasteiger partial charge in [-0.1, -0.05) is 6.58 Å². The molecule has 9 heavy (non-hydrogen) atoms. The highest BCUT2D eigenvalue weighted by Crippen LogP contribution is 1.89. The highest BCUT2D eigenvalue weighted by atomic mass is 28.2. The monoisotopic (exact) mass is 145 g/mol. The number of carbonyl (C=O) groups is 1. The number of rotatable bonds is 3. The number of hydrogen-bond donors (Lipinski definition) is 0. The van der Waals surface area contributed by atoms with Crippen LogP contribution in [0.2, 0.25) is 0 Å². The average molecular weight is 145 g/mol. The van der Waals surface area contributed by atoms with Crippen LogP contribution >= 0.6 is 0 Å². The van der Waals surface area contributed by atoms with Crippen molar-refractivity contribution in [3.05, 3.63) is 12.2 Å². The van der Waals surface area contributed by atoms with E-state index >= 15 is 0 Å². The van der Waals surface area contributed by atoms with Gasteiger partial charge >= 0.3 is 5.97 Å². The van der Waals surface area contributed by atoms with E-state index in [2.05, 4.69) is 11.3 Å². The molecule has 0 aromatic carbocycles. The zero-order valence-corrected chi connectivity index (χ0v) is 6.76. The van der Waals surface area contributed by atoms with E-state index in [9.17, 15) is 9.59 Å². The second kappa shape index (κ2) is 4.28.